The van der Waals surface area contributed by atoms with Gasteiger partial charge < -0.3 is 24.6 Å². The van der Waals surface area contributed by atoms with E-state index in [1.807, 2.05) is 53.1 Å². The lowest BCUT2D eigenvalue weighted by Gasteiger charge is -2.32. The zero-order valence-electron chi connectivity index (χ0n) is 17.6. The fourth-order valence-electron chi connectivity index (χ4n) is 4.29. The van der Waals surface area contributed by atoms with Gasteiger partial charge in [-0.2, -0.15) is 0 Å². The highest BCUT2D eigenvalue weighted by molar-refractivity contribution is 5.95. The van der Waals surface area contributed by atoms with Crippen LogP contribution >= 0.6 is 0 Å². The standard InChI is InChI=1S/C24H27N3O4/c1-31-19-7-8-20-21(17-5-3-2-4-6-17)16-23(28)27(22(20)15-19)14-13-26-11-9-18(10-12-26)25-24(29)30/h2-8,15-16,18,25H,9-14H2,1H3,(H,29,30). The molecule has 0 bridgehead atoms. The molecule has 0 saturated carbocycles. The van der Waals surface area contributed by atoms with E-state index in [0.29, 0.717) is 12.3 Å². The van der Waals surface area contributed by atoms with E-state index in [1.165, 1.54) is 0 Å². The first-order valence-corrected chi connectivity index (χ1v) is 10.5. The van der Waals surface area contributed by atoms with Crippen molar-refractivity contribution < 1.29 is 14.6 Å². The zero-order valence-corrected chi connectivity index (χ0v) is 17.6. The molecule has 2 N–H and O–H groups in total. The number of hydrogen-bond acceptors (Lipinski definition) is 4. The number of nitrogens with one attached hydrogen (secondary N) is 1. The molecular weight excluding hydrogens is 394 g/mol. The lowest BCUT2D eigenvalue weighted by atomic mass is 10.0. The summed E-state index contributed by atoms with van der Waals surface area (Å²) in [6, 6.07) is 17.5. The summed E-state index contributed by atoms with van der Waals surface area (Å²) in [6.45, 7) is 2.91. The molecule has 0 aliphatic carbocycles. The first kappa shape index (κ1) is 20.9. The quantitative estimate of drug-likeness (QED) is 0.637. The van der Waals surface area contributed by atoms with Crippen LogP contribution in [0.15, 0.2) is 59.4 Å². The molecule has 4 rings (SSSR count). The zero-order chi connectivity index (χ0) is 21.8. The van der Waals surface area contributed by atoms with E-state index in [2.05, 4.69) is 10.2 Å². The molecular formula is C24H27N3O4. The summed E-state index contributed by atoms with van der Waals surface area (Å²) in [7, 11) is 1.62. The number of hydrogen-bond donors (Lipinski definition) is 2. The number of nitrogens with zero attached hydrogens (tertiary/aromatic N) is 2. The van der Waals surface area contributed by atoms with Crippen LogP contribution in [0.25, 0.3) is 22.0 Å². The fourth-order valence-corrected chi connectivity index (χ4v) is 4.29. The Hall–Kier alpha value is -3.32. The molecule has 0 spiro atoms. The second-order valence-corrected chi connectivity index (χ2v) is 7.86. The number of aromatic nitrogens is 1. The maximum absolute atomic E-state index is 13.1. The van der Waals surface area contributed by atoms with Gasteiger partial charge >= 0.3 is 6.09 Å². The normalized spacial score (nSPS) is 15.1. The van der Waals surface area contributed by atoms with Gasteiger partial charge in [0.05, 0.1) is 12.6 Å². The number of amides is 1. The first-order chi connectivity index (χ1) is 15.0. The Morgan fingerprint density at radius 3 is 2.52 bits per heavy atom. The van der Waals surface area contributed by atoms with Crippen LogP contribution in [-0.4, -0.2) is 53.5 Å². The van der Waals surface area contributed by atoms with Gasteiger partial charge in [-0.25, -0.2) is 4.79 Å². The Balaban J connectivity index is 1.60. The third-order valence-corrected chi connectivity index (χ3v) is 5.96. The van der Waals surface area contributed by atoms with Gasteiger partial charge in [0.25, 0.3) is 5.56 Å². The van der Waals surface area contributed by atoms with Crippen molar-refractivity contribution in [1.29, 1.82) is 0 Å². The van der Waals surface area contributed by atoms with E-state index in [-0.39, 0.29) is 11.6 Å². The molecule has 7 nitrogen and oxygen atoms in total. The van der Waals surface area contributed by atoms with Crippen molar-refractivity contribution in [3.05, 3.63) is 65.0 Å². The Morgan fingerprint density at radius 2 is 1.84 bits per heavy atom. The number of methoxy groups -OCH3 is 1. The maximum atomic E-state index is 13.1. The topological polar surface area (TPSA) is 83.8 Å². The molecule has 1 aliphatic heterocycles. The van der Waals surface area contributed by atoms with Crippen molar-refractivity contribution in [1.82, 2.24) is 14.8 Å². The predicted octanol–water partition coefficient (Wildman–Crippen LogP) is 3.41. The Bertz CT molecular complexity index is 1120. The highest BCUT2D eigenvalue weighted by Crippen LogP contribution is 2.29. The Kier molecular flexibility index (Phi) is 6.23. The highest BCUT2D eigenvalue weighted by atomic mass is 16.5. The van der Waals surface area contributed by atoms with E-state index < -0.39 is 6.09 Å². The van der Waals surface area contributed by atoms with Gasteiger partial charge in [0, 0.05) is 49.7 Å². The average molecular weight is 421 g/mol. The second kappa shape index (κ2) is 9.22. The number of ether oxygens (including phenoxy) is 1. The molecule has 162 valence electrons. The fraction of sp³-hybridized carbons (Fsp3) is 0.333. The predicted molar refractivity (Wildman–Crippen MR) is 121 cm³/mol. The molecule has 31 heavy (non-hydrogen) atoms. The number of piperidine rings is 1. The van der Waals surface area contributed by atoms with Crippen LogP contribution in [0.1, 0.15) is 12.8 Å². The average Bonchev–Trinajstić information content (AvgIpc) is 2.79. The molecule has 1 aromatic heterocycles. The number of fused-ring (bicyclic) bond motifs is 1. The Morgan fingerprint density at radius 1 is 1.10 bits per heavy atom. The molecule has 1 fully saturated rings. The number of likely N-dealkylation sites (tertiary alicyclic amines) is 1. The van der Waals surface area contributed by atoms with Gasteiger partial charge in [0.2, 0.25) is 0 Å². The van der Waals surface area contributed by atoms with Crippen molar-refractivity contribution in [2.45, 2.75) is 25.4 Å². The lowest BCUT2D eigenvalue weighted by molar-refractivity contribution is 0.166. The monoisotopic (exact) mass is 421 g/mol. The van der Waals surface area contributed by atoms with Crippen molar-refractivity contribution in [3.8, 4) is 16.9 Å². The van der Waals surface area contributed by atoms with E-state index in [1.54, 1.807) is 13.2 Å². The number of carboxylic acid groups (broad SMARTS) is 1. The first-order valence-electron chi connectivity index (χ1n) is 10.5. The van der Waals surface area contributed by atoms with Crippen molar-refractivity contribution in [2.24, 2.45) is 0 Å². The van der Waals surface area contributed by atoms with Gasteiger partial charge in [0.15, 0.2) is 0 Å². The minimum Gasteiger partial charge on any atom is -0.497 e. The third-order valence-electron chi connectivity index (χ3n) is 5.96. The summed E-state index contributed by atoms with van der Waals surface area (Å²) in [5, 5.41) is 12.5. The van der Waals surface area contributed by atoms with Gasteiger partial charge in [-0.15, -0.1) is 0 Å². The van der Waals surface area contributed by atoms with E-state index in [9.17, 15) is 9.59 Å². The Labute approximate surface area is 180 Å². The van der Waals surface area contributed by atoms with Crippen LogP contribution in [0.5, 0.6) is 5.75 Å². The molecule has 1 amide bonds. The van der Waals surface area contributed by atoms with E-state index in [4.69, 9.17) is 9.84 Å². The van der Waals surface area contributed by atoms with Crippen molar-refractivity contribution in [3.63, 3.8) is 0 Å². The van der Waals surface area contributed by atoms with Crippen LogP contribution in [0.3, 0.4) is 0 Å². The summed E-state index contributed by atoms with van der Waals surface area (Å²) in [6.07, 6.45) is 0.592. The number of benzene rings is 2. The largest absolute Gasteiger partial charge is 0.497 e. The van der Waals surface area contributed by atoms with Gasteiger partial charge in [-0.3, -0.25) is 4.79 Å². The molecule has 1 aliphatic rings. The van der Waals surface area contributed by atoms with Gasteiger partial charge in [-0.05, 0) is 36.1 Å². The number of pyridine rings is 1. The molecule has 2 heterocycles. The lowest BCUT2D eigenvalue weighted by Crippen LogP contribution is -2.45. The maximum Gasteiger partial charge on any atom is 0.404 e. The van der Waals surface area contributed by atoms with E-state index >= 15 is 0 Å². The molecule has 7 heteroatoms. The molecule has 3 aromatic rings. The molecule has 2 aromatic carbocycles. The minimum absolute atomic E-state index is 0.00622. The van der Waals surface area contributed by atoms with Crippen molar-refractivity contribution in [2.75, 3.05) is 26.7 Å². The highest BCUT2D eigenvalue weighted by Gasteiger charge is 2.20. The molecule has 0 atom stereocenters. The van der Waals surface area contributed by atoms with Gasteiger partial charge in [0.1, 0.15) is 5.75 Å². The molecule has 0 unspecified atom stereocenters. The SMILES string of the molecule is COc1ccc2c(-c3ccccc3)cc(=O)n(CCN3CCC(NC(=O)O)CC3)c2c1. The summed E-state index contributed by atoms with van der Waals surface area (Å²) in [5.74, 6) is 0.714. The number of carbonyl (C=O) groups is 1. The second-order valence-electron chi connectivity index (χ2n) is 7.86. The summed E-state index contributed by atoms with van der Waals surface area (Å²) < 4.78 is 7.23. The van der Waals surface area contributed by atoms with Crippen molar-refractivity contribution >= 4 is 17.0 Å². The minimum atomic E-state index is -0.969. The summed E-state index contributed by atoms with van der Waals surface area (Å²) in [5.41, 5.74) is 2.74. The van der Waals surface area contributed by atoms with Crippen LogP contribution in [-0.2, 0) is 6.54 Å². The summed E-state index contributed by atoms with van der Waals surface area (Å²) in [4.78, 5) is 26.2. The van der Waals surface area contributed by atoms with E-state index in [0.717, 1.165) is 54.5 Å². The molecule has 1 saturated heterocycles. The number of rotatable bonds is 6. The van der Waals surface area contributed by atoms with Gasteiger partial charge in [-0.1, -0.05) is 30.3 Å². The van der Waals surface area contributed by atoms with Crippen LogP contribution < -0.4 is 15.6 Å². The van der Waals surface area contributed by atoms with Crippen LogP contribution in [0, 0.1) is 0 Å². The summed E-state index contributed by atoms with van der Waals surface area (Å²) >= 11 is 0. The van der Waals surface area contributed by atoms with Crippen LogP contribution in [0.2, 0.25) is 0 Å². The molecule has 0 radical (unpaired) electrons. The van der Waals surface area contributed by atoms with Crippen LogP contribution in [0.4, 0.5) is 4.79 Å². The third kappa shape index (κ3) is 4.72. The smallest absolute Gasteiger partial charge is 0.404 e.